The first-order valence-electron chi connectivity index (χ1n) is 7.33. The van der Waals surface area contributed by atoms with Crippen LogP contribution in [-0.2, 0) is 9.59 Å². The molecule has 0 spiro atoms. The maximum atomic E-state index is 12.6. The number of aliphatic carboxylic acids is 1. The number of likely N-dealkylation sites (tertiary alicyclic amines) is 2. The van der Waals surface area contributed by atoms with Gasteiger partial charge in [-0.2, -0.15) is 0 Å². The summed E-state index contributed by atoms with van der Waals surface area (Å²) in [4.78, 5) is 38.4. The smallest absolute Gasteiger partial charge is 0.320 e. The molecule has 0 saturated carbocycles. The predicted molar refractivity (Wildman–Crippen MR) is 75.4 cm³/mol. The lowest BCUT2D eigenvalue weighted by Crippen LogP contribution is -2.53. The predicted octanol–water partition coefficient (Wildman–Crippen LogP) is 0.489. The van der Waals surface area contributed by atoms with Crippen LogP contribution in [-0.4, -0.2) is 58.5 Å². The van der Waals surface area contributed by atoms with E-state index < -0.39 is 11.4 Å². The van der Waals surface area contributed by atoms with Gasteiger partial charge in [-0.25, -0.2) is 4.79 Å². The van der Waals surface area contributed by atoms with E-state index in [1.165, 1.54) is 0 Å². The van der Waals surface area contributed by atoms with Crippen LogP contribution in [0.3, 0.4) is 0 Å². The SMILES string of the molecule is CC1CCC(C(N)=O)CN1C(=O)N1CCC(C)(C(=O)O)C1. The molecule has 2 aliphatic rings. The molecular weight excluding hydrogens is 274 g/mol. The van der Waals surface area contributed by atoms with E-state index in [1.807, 2.05) is 6.92 Å². The number of primary amides is 1. The average Bonchev–Trinajstić information content (AvgIpc) is 2.82. The Morgan fingerprint density at radius 3 is 2.48 bits per heavy atom. The highest BCUT2D eigenvalue weighted by Gasteiger charge is 2.44. The fourth-order valence-corrected chi connectivity index (χ4v) is 3.09. The third-order valence-corrected chi connectivity index (χ3v) is 4.79. The Labute approximate surface area is 124 Å². The zero-order chi connectivity index (χ0) is 15.8. The molecule has 21 heavy (non-hydrogen) atoms. The molecule has 3 N–H and O–H groups in total. The fraction of sp³-hybridized carbons (Fsp3) is 0.786. The Kier molecular flexibility index (Phi) is 4.11. The number of carbonyl (C=O) groups excluding carboxylic acids is 2. The molecule has 0 aromatic rings. The van der Waals surface area contributed by atoms with Gasteiger partial charge in [-0.05, 0) is 33.1 Å². The van der Waals surface area contributed by atoms with Gasteiger partial charge in [-0.3, -0.25) is 9.59 Å². The van der Waals surface area contributed by atoms with E-state index in [0.29, 0.717) is 25.9 Å². The van der Waals surface area contributed by atoms with Crippen molar-refractivity contribution in [3.05, 3.63) is 0 Å². The second-order valence-electron chi connectivity index (χ2n) is 6.50. The van der Waals surface area contributed by atoms with Crippen molar-refractivity contribution in [3.63, 3.8) is 0 Å². The third-order valence-electron chi connectivity index (χ3n) is 4.79. The van der Waals surface area contributed by atoms with E-state index in [9.17, 15) is 19.5 Å². The topological polar surface area (TPSA) is 104 Å². The summed E-state index contributed by atoms with van der Waals surface area (Å²) in [5, 5.41) is 9.24. The van der Waals surface area contributed by atoms with E-state index >= 15 is 0 Å². The maximum Gasteiger partial charge on any atom is 0.320 e. The quantitative estimate of drug-likeness (QED) is 0.774. The summed E-state index contributed by atoms with van der Waals surface area (Å²) in [5.41, 5.74) is 4.47. The van der Waals surface area contributed by atoms with Crippen LogP contribution in [0.1, 0.15) is 33.1 Å². The molecule has 118 valence electrons. The van der Waals surface area contributed by atoms with Crippen LogP contribution in [0.15, 0.2) is 0 Å². The molecule has 0 aromatic heterocycles. The molecule has 3 amide bonds. The summed E-state index contributed by atoms with van der Waals surface area (Å²) < 4.78 is 0. The number of rotatable bonds is 2. The number of carboxylic acid groups (broad SMARTS) is 1. The van der Waals surface area contributed by atoms with Crippen molar-refractivity contribution in [1.29, 1.82) is 0 Å². The Bertz CT molecular complexity index is 467. The third kappa shape index (κ3) is 2.96. The van der Waals surface area contributed by atoms with Gasteiger partial charge in [0.2, 0.25) is 5.91 Å². The Morgan fingerprint density at radius 2 is 1.95 bits per heavy atom. The summed E-state index contributed by atoms with van der Waals surface area (Å²) in [6.45, 7) is 4.59. The number of urea groups is 1. The van der Waals surface area contributed by atoms with E-state index in [4.69, 9.17) is 5.73 Å². The highest BCUT2D eigenvalue weighted by atomic mass is 16.4. The number of hydrogen-bond acceptors (Lipinski definition) is 3. The minimum atomic E-state index is -0.877. The van der Waals surface area contributed by atoms with Crippen molar-refractivity contribution in [2.75, 3.05) is 19.6 Å². The first kappa shape index (κ1) is 15.6. The van der Waals surface area contributed by atoms with Gasteiger partial charge in [-0.1, -0.05) is 0 Å². The first-order valence-corrected chi connectivity index (χ1v) is 7.33. The van der Waals surface area contributed by atoms with Gasteiger partial charge < -0.3 is 20.6 Å². The number of carboxylic acids is 1. The molecule has 2 aliphatic heterocycles. The van der Waals surface area contributed by atoms with E-state index in [1.54, 1.807) is 16.7 Å². The van der Waals surface area contributed by atoms with Gasteiger partial charge >= 0.3 is 12.0 Å². The molecule has 2 fully saturated rings. The molecule has 2 heterocycles. The molecule has 0 radical (unpaired) electrons. The van der Waals surface area contributed by atoms with E-state index in [-0.39, 0.29) is 30.4 Å². The summed E-state index contributed by atoms with van der Waals surface area (Å²) in [6, 6.07) is -0.136. The van der Waals surface area contributed by atoms with Crippen LogP contribution in [0.25, 0.3) is 0 Å². The average molecular weight is 297 g/mol. The normalized spacial score (nSPS) is 33.0. The number of nitrogens with two attached hydrogens (primary N) is 1. The Hall–Kier alpha value is -1.79. The second kappa shape index (κ2) is 5.54. The lowest BCUT2D eigenvalue weighted by molar-refractivity contribution is -0.147. The second-order valence-corrected chi connectivity index (χ2v) is 6.50. The van der Waals surface area contributed by atoms with Crippen molar-refractivity contribution < 1.29 is 19.5 Å². The Morgan fingerprint density at radius 1 is 1.29 bits per heavy atom. The molecule has 7 heteroatoms. The van der Waals surface area contributed by atoms with Crippen LogP contribution in [0.5, 0.6) is 0 Å². The fourth-order valence-electron chi connectivity index (χ4n) is 3.09. The molecule has 0 aliphatic carbocycles. The lowest BCUT2D eigenvalue weighted by atomic mass is 9.90. The number of nitrogens with zero attached hydrogens (tertiary/aromatic N) is 2. The van der Waals surface area contributed by atoms with Crippen LogP contribution in [0.4, 0.5) is 4.79 Å². The molecule has 0 aromatic carbocycles. The zero-order valence-corrected chi connectivity index (χ0v) is 12.5. The molecular formula is C14H23N3O4. The van der Waals surface area contributed by atoms with Gasteiger partial charge in [0, 0.05) is 25.7 Å². The number of carbonyl (C=O) groups is 3. The van der Waals surface area contributed by atoms with Gasteiger partial charge in [0.1, 0.15) is 0 Å². The minimum Gasteiger partial charge on any atom is -0.481 e. The standard InChI is InChI=1S/C14H23N3O4/c1-9-3-4-10(11(15)18)7-17(9)13(21)16-6-5-14(2,8-16)12(19)20/h9-10H,3-8H2,1-2H3,(H2,15,18)(H,19,20). The summed E-state index contributed by atoms with van der Waals surface area (Å²) in [7, 11) is 0. The lowest BCUT2D eigenvalue weighted by Gasteiger charge is -2.39. The van der Waals surface area contributed by atoms with Crippen LogP contribution in [0, 0.1) is 11.3 Å². The van der Waals surface area contributed by atoms with Crippen molar-refractivity contribution >= 4 is 17.9 Å². The Balaban J connectivity index is 2.05. The van der Waals surface area contributed by atoms with Crippen molar-refractivity contribution in [3.8, 4) is 0 Å². The van der Waals surface area contributed by atoms with Gasteiger partial charge in [-0.15, -0.1) is 0 Å². The molecule has 0 bridgehead atoms. The minimum absolute atomic E-state index is 0.0461. The zero-order valence-electron chi connectivity index (χ0n) is 12.5. The monoisotopic (exact) mass is 297 g/mol. The first-order chi connectivity index (χ1) is 9.74. The van der Waals surface area contributed by atoms with E-state index in [2.05, 4.69) is 0 Å². The summed E-state index contributed by atoms with van der Waals surface area (Å²) in [5.74, 6) is -1.56. The number of hydrogen-bond donors (Lipinski definition) is 2. The summed E-state index contributed by atoms with van der Waals surface area (Å²) >= 11 is 0. The molecule has 3 atom stereocenters. The molecule has 7 nitrogen and oxygen atoms in total. The molecule has 2 saturated heterocycles. The highest BCUT2D eigenvalue weighted by molar-refractivity contribution is 5.81. The van der Waals surface area contributed by atoms with Crippen molar-refractivity contribution in [1.82, 2.24) is 9.80 Å². The molecule has 3 unspecified atom stereocenters. The van der Waals surface area contributed by atoms with Gasteiger partial charge in [0.05, 0.1) is 11.3 Å². The van der Waals surface area contributed by atoms with Crippen molar-refractivity contribution in [2.45, 2.75) is 39.2 Å². The maximum absolute atomic E-state index is 12.6. The van der Waals surface area contributed by atoms with Gasteiger partial charge in [0.25, 0.3) is 0 Å². The van der Waals surface area contributed by atoms with Crippen LogP contribution >= 0.6 is 0 Å². The number of amides is 3. The van der Waals surface area contributed by atoms with Crippen molar-refractivity contribution in [2.24, 2.45) is 17.1 Å². The van der Waals surface area contributed by atoms with Gasteiger partial charge in [0.15, 0.2) is 0 Å². The number of piperidine rings is 1. The largest absolute Gasteiger partial charge is 0.481 e. The molecule has 2 rings (SSSR count). The summed E-state index contributed by atoms with van der Waals surface area (Å²) in [6.07, 6.45) is 1.89. The van der Waals surface area contributed by atoms with Crippen LogP contribution in [0.2, 0.25) is 0 Å². The highest BCUT2D eigenvalue weighted by Crippen LogP contribution is 2.32. The van der Waals surface area contributed by atoms with E-state index in [0.717, 1.165) is 6.42 Å². The van der Waals surface area contributed by atoms with Crippen LogP contribution < -0.4 is 5.73 Å².